The lowest BCUT2D eigenvalue weighted by Gasteiger charge is -2.20. The first-order chi connectivity index (χ1) is 10.8. The molecule has 3 rings (SSSR count). The van der Waals surface area contributed by atoms with Crippen LogP contribution in [0.5, 0.6) is 0 Å². The number of ether oxygens (including phenoxy) is 1. The summed E-state index contributed by atoms with van der Waals surface area (Å²) in [5.41, 5.74) is 4.05. The minimum Gasteiger partial charge on any atom is -0.378 e. The van der Waals surface area contributed by atoms with Gasteiger partial charge in [0, 0.05) is 18.4 Å². The molecule has 0 amide bonds. The minimum absolute atomic E-state index is 0.369. The summed E-state index contributed by atoms with van der Waals surface area (Å²) in [4.78, 5) is 1.41. The summed E-state index contributed by atoms with van der Waals surface area (Å²) in [5.74, 6) is 0.985. The number of hydrogen-bond donors (Lipinski definition) is 0. The molecule has 0 saturated carbocycles. The van der Waals surface area contributed by atoms with Gasteiger partial charge < -0.3 is 4.74 Å². The fourth-order valence-electron chi connectivity index (χ4n) is 2.89. The van der Waals surface area contributed by atoms with Crippen LogP contribution in [0.2, 0.25) is 0 Å². The number of aryl methyl sites for hydroxylation is 1. The van der Waals surface area contributed by atoms with E-state index in [1.54, 1.807) is 7.11 Å². The summed E-state index contributed by atoms with van der Waals surface area (Å²) in [7, 11) is 1.78. The van der Waals surface area contributed by atoms with Gasteiger partial charge in [-0.15, -0.1) is 0 Å². The van der Waals surface area contributed by atoms with Gasteiger partial charge in [0.2, 0.25) is 0 Å². The van der Waals surface area contributed by atoms with Crippen LogP contribution in [0.4, 0.5) is 0 Å². The lowest BCUT2D eigenvalue weighted by Crippen LogP contribution is -2.35. The Labute approximate surface area is 136 Å². The summed E-state index contributed by atoms with van der Waals surface area (Å²) in [5, 5.41) is 0. The molecule has 2 aromatic rings. The monoisotopic (exact) mass is 312 g/mol. The normalized spacial score (nSPS) is 15.1. The van der Waals surface area contributed by atoms with Gasteiger partial charge in [0.25, 0.3) is 0 Å². The molecule has 0 spiro atoms. The van der Waals surface area contributed by atoms with E-state index in [1.165, 1.54) is 21.6 Å². The van der Waals surface area contributed by atoms with E-state index in [9.17, 15) is 0 Å². The molecule has 2 aromatic carbocycles. The largest absolute Gasteiger partial charge is 0.378 e. The summed E-state index contributed by atoms with van der Waals surface area (Å²) < 4.78 is 7.89. The number of hydrogen-bond acceptors (Lipinski definition) is 2. The third-order valence-corrected chi connectivity index (χ3v) is 5.32. The maximum Gasteiger partial charge on any atom is 0.193 e. The average Bonchev–Trinajstić information content (AvgIpc) is 2.55. The number of rotatable bonds is 5. The van der Waals surface area contributed by atoms with Crippen molar-refractivity contribution in [2.75, 3.05) is 19.6 Å². The van der Waals surface area contributed by atoms with Crippen LogP contribution >= 0.6 is 11.8 Å². The van der Waals surface area contributed by atoms with Gasteiger partial charge in [-0.1, -0.05) is 54.2 Å². The van der Waals surface area contributed by atoms with Crippen LogP contribution in [-0.4, -0.2) is 36.4 Å². The van der Waals surface area contributed by atoms with Crippen LogP contribution in [-0.2, 0) is 11.2 Å². The van der Waals surface area contributed by atoms with E-state index in [-0.39, 0.29) is 0 Å². The lowest BCUT2D eigenvalue weighted by atomic mass is 10.1. The van der Waals surface area contributed by atoms with Crippen LogP contribution in [0, 0.1) is 6.92 Å². The standard InChI is InChI=1S/C19H22NOS/c1-15-7-6-10-17-12-20(14-22-19(15)17)18(13-21-2)11-16-8-4-3-5-9-16/h3-10,12,18H,11,13-14H2,1-2H3/q+1. The fourth-order valence-corrected chi connectivity index (χ4v) is 4.04. The summed E-state index contributed by atoms with van der Waals surface area (Å²) in [6.45, 7) is 2.93. The molecule has 0 radical (unpaired) electrons. The van der Waals surface area contributed by atoms with Crippen molar-refractivity contribution in [3.8, 4) is 0 Å². The molecule has 0 aliphatic carbocycles. The predicted octanol–water partition coefficient (Wildman–Crippen LogP) is 3.75. The van der Waals surface area contributed by atoms with E-state index in [0.717, 1.165) is 18.9 Å². The van der Waals surface area contributed by atoms with E-state index < -0.39 is 0 Å². The second-order valence-corrected chi connectivity index (χ2v) is 6.66. The van der Waals surface area contributed by atoms with Crippen LogP contribution < -0.4 is 0 Å². The molecule has 1 aliphatic heterocycles. The SMILES string of the molecule is COCC(Cc1ccccc1)[N+]1=Cc2cccc(C)c2SC1. The smallest absolute Gasteiger partial charge is 0.193 e. The zero-order valence-electron chi connectivity index (χ0n) is 13.2. The Morgan fingerprint density at radius 3 is 2.73 bits per heavy atom. The number of benzene rings is 2. The van der Waals surface area contributed by atoms with Gasteiger partial charge in [-0.3, -0.25) is 0 Å². The summed E-state index contributed by atoms with van der Waals surface area (Å²) in [6.07, 6.45) is 3.30. The van der Waals surface area contributed by atoms with Crippen molar-refractivity contribution in [1.82, 2.24) is 0 Å². The van der Waals surface area contributed by atoms with Crippen molar-refractivity contribution < 1.29 is 9.31 Å². The van der Waals surface area contributed by atoms with Crippen molar-refractivity contribution >= 4 is 18.0 Å². The van der Waals surface area contributed by atoms with E-state index >= 15 is 0 Å². The van der Waals surface area contributed by atoms with Gasteiger partial charge in [0.05, 0.1) is 5.56 Å². The second-order valence-electron chi connectivity index (χ2n) is 5.71. The van der Waals surface area contributed by atoms with Gasteiger partial charge in [-0.2, -0.15) is 0 Å². The molecule has 3 heteroatoms. The van der Waals surface area contributed by atoms with Gasteiger partial charge in [-0.05, 0) is 24.1 Å². The Bertz CT molecular complexity index is 666. The number of thioether (sulfide) groups is 1. The zero-order chi connectivity index (χ0) is 15.4. The third kappa shape index (κ3) is 3.42. The molecule has 1 unspecified atom stereocenters. The topological polar surface area (TPSA) is 12.2 Å². The fraction of sp³-hybridized carbons (Fsp3) is 0.316. The van der Waals surface area contributed by atoms with E-state index in [2.05, 4.69) is 66.2 Å². The summed E-state index contributed by atoms with van der Waals surface area (Å²) in [6, 6.07) is 17.6. The average molecular weight is 312 g/mol. The lowest BCUT2D eigenvalue weighted by molar-refractivity contribution is -0.546. The van der Waals surface area contributed by atoms with Gasteiger partial charge in [-0.25, -0.2) is 4.58 Å². The Morgan fingerprint density at radius 2 is 1.95 bits per heavy atom. The predicted molar refractivity (Wildman–Crippen MR) is 93.1 cm³/mol. The number of nitrogens with zero attached hydrogens (tertiary/aromatic N) is 1. The highest BCUT2D eigenvalue weighted by molar-refractivity contribution is 7.99. The molecule has 0 fully saturated rings. The molecule has 1 atom stereocenters. The van der Waals surface area contributed by atoms with Crippen molar-refractivity contribution in [1.29, 1.82) is 0 Å². The highest BCUT2D eigenvalue weighted by atomic mass is 32.2. The first-order valence-electron chi connectivity index (χ1n) is 7.64. The maximum atomic E-state index is 5.47. The van der Waals surface area contributed by atoms with Crippen molar-refractivity contribution in [2.24, 2.45) is 0 Å². The Kier molecular flexibility index (Phi) is 4.96. The van der Waals surface area contributed by atoms with E-state index in [0.29, 0.717) is 6.04 Å². The van der Waals surface area contributed by atoms with E-state index in [4.69, 9.17) is 4.74 Å². The van der Waals surface area contributed by atoms with Crippen LogP contribution in [0.15, 0.2) is 53.4 Å². The Hall–Kier alpha value is -1.58. The minimum atomic E-state index is 0.369. The van der Waals surface area contributed by atoms with E-state index in [1.807, 2.05) is 11.8 Å². The highest BCUT2D eigenvalue weighted by Crippen LogP contribution is 2.29. The molecule has 1 heterocycles. The van der Waals surface area contributed by atoms with Crippen molar-refractivity contribution in [3.05, 3.63) is 65.2 Å². The van der Waals surface area contributed by atoms with Crippen LogP contribution in [0.1, 0.15) is 16.7 Å². The van der Waals surface area contributed by atoms with Crippen molar-refractivity contribution in [3.63, 3.8) is 0 Å². The third-order valence-electron chi connectivity index (χ3n) is 4.05. The molecule has 0 bridgehead atoms. The van der Waals surface area contributed by atoms with Crippen LogP contribution in [0.3, 0.4) is 0 Å². The molecule has 114 valence electrons. The molecule has 2 nitrogen and oxygen atoms in total. The molecular weight excluding hydrogens is 290 g/mol. The number of fused-ring (bicyclic) bond motifs is 1. The van der Waals surface area contributed by atoms with Gasteiger partial charge >= 0.3 is 0 Å². The zero-order valence-corrected chi connectivity index (χ0v) is 14.0. The summed E-state index contributed by atoms with van der Waals surface area (Å²) >= 11 is 1.93. The molecule has 22 heavy (non-hydrogen) atoms. The molecular formula is C19H22NOS+. The molecule has 1 aliphatic rings. The first-order valence-corrected chi connectivity index (χ1v) is 8.62. The van der Waals surface area contributed by atoms with Gasteiger partial charge in [0.15, 0.2) is 18.1 Å². The molecule has 0 N–H and O–H groups in total. The molecule has 0 saturated heterocycles. The second kappa shape index (κ2) is 7.12. The first kappa shape index (κ1) is 15.3. The van der Waals surface area contributed by atoms with Crippen molar-refractivity contribution in [2.45, 2.75) is 24.3 Å². The highest BCUT2D eigenvalue weighted by Gasteiger charge is 2.26. The number of methoxy groups -OCH3 is 1. The quantitative estimate of drug-likeness (QED) is 0.780. The maximum absolute atomic E-state index is 5.47. The van der Waals surface area contributed by atoms with Gasteiger partial charge in [0.1, 0.15) is 6.61 Å². The van der Waals surface area contributed by atoms with Crippen LogP contribution in [0.25, 0.3) is 0 Å². The Morgan fingerprint density at radius 1 is 1.14 bits per heavy atom. The molecule has 0 aromatic heterocycles. The Balaban J connectivity index is 1.86.